The molecule has 1 amide bonds. The number of pyridine rings is 2. The van der Waals surface area contributed by atoms with Crippen LogP contribution in [0.5, 0.6) is 11.5 Å². The quantitative estimate of drug-likeness (QED) is 0.223. The van der Waals surface area contributed by atoms with Crippen molar-refractivity contribution in [2.75, 3.05) is 27.1 Å². The fourth-order valence-corrected chi connectivity index (χ4v) is 5.42. The molecule has 1 atom stereocenters. The van der Waals surface area contributed by atoms with E-state index in [2.05, 4.69) is 0 Å². The molecule has 2 aromatic heterocycles. The Kier molecular flexibility index (Phi) is 7.78. The Morgan fingerprint density at radius 2 is 1.93 bits per heavy atom. The zero-order valence-electron chi connectivity index (χ0n) is 23.3. The summed E-state index contributed by atoms with van der Waals surface area (Å²) in [6.45, 7) is 5.18. The highest BCUT2D eigenvalue weighted by Crippen LogP contribution is 2.42. The third-order valence-corrected chi connectivity index (χ3v) is 7.37. The van der Waals surface area contributed by atoms with E-state index in [4.69, 9.17) is 23.9 Å². The first kappa shape index (κ1) is 28.2. The molecule has 0 saturated carbocycles. The summed E-state index contributed by atoms with van der Waals surface area (Å²) >= 11 is 0. The van der Waals surface area contributed by atoms with E-state index < -0.39 is 12.1 Å². The number of amides is 1. The Hall–Kier alpha value is -4.29. The maximum absolute atomic E-state index is 13.6. The number of carbonyl (C=O) groups is 3. The predicted molar refractivity (Wildman–Crippen MR) is 146 cm³/mol. The molecule has 1 N–H and O–H groups in total. The molecule has 0 aliphatic carbocycles. The lowest BCUT2D eigenvalue weighted by atomic mass is 9.96. The predicted octanol–water partition coefficient (Wildman–Crippen LogP) is 1.88. The lowest BCUT2D eigenvalue weighted by Gasteiger charge is -2.27. The number of esters is 1. The molecule has 0 radical (unpaired) electrons. The van der Waals surface area contributed by atoms with Gasteiger partial charge in [0.1, 0.15) is 6.10 Å². The number of methoxy groups -OCH3 is 1. The maximum atomic E-state index is 13.6. The number of hydrogen-bond acceptors (Lipinski definition) is 10. The van der Waals surface area contributed by atoms with Crippen molar-refractivity contribution < 1.29 is 38.4 Å². The summed E-state index contributed by atoms with van der Waals surface area (Å²) in [5.74, 6) is 0.253. The first-order valence-electron chi connectivity index (χ1n) is 13.2. The Morgan fingerprint density at radius 1 is 1.20 bits per heavy atom. The van der Waals surface area contributed by atoms with Crippen LogP contribution in [0.25, 0.3) is 22.3 Å². The highest BCUT2D eigenvalue weighted by Gasteiger charge is 2.31. The van der Waals surface area contributed by atoms with Gasteiger partial charge in [-0.2, -0.15) is 0 Å². The van der Waals surface area contributed by atoms with Crippen LogP contribution in [0.15, 0.2) is 23.0 Å². The van der Waals surface area contributed by atoms with Crippen LogP contribution in [-0.2, 0) is 43.4 Å². The van der Waals surface area contributed by atoms with Gasteiger partial charge in [0, 0.05) is 54.8 Å². The monoisotopic (exact) mass is 565 g/mol. The second-order valence-electron chi connectivity index (χ2n) is 10.2. The Balaban J connectivity index is 1.64. The van der Waals surface area contributed by atoms with Gasteiger partial charge in [-0.25, -0.2) is 4.98 Å². The van der Waals surface area contributed by atoms with Crippen LogP contribution in [-0.4, -0.2) is 70.8 Å². The molecule has 0 saturated heterocycles. The molecule has 3 aromatic rings. The molecule has 0 fully saturated rings. The lowest BCUT2D eigenvalue weighted by molar-refractivity contribution is -0.151. The standard InChI is InChI=1S/C29H31N3O9/c1-15(2)31(27(36)13-39-16(3)34)6-5-17-18-8-25-26(41-14-40-25)9-22(18)30-28-20(17)10-32-23(28)7-19(24(35)11-33)21(12-38-4)29(32)37/h7-9,11,15,24,35H,5-6,10,12-14H2,1-4H3. The Labute approximate surface area is 235 Å². The van der Waals surface area contributed by atoms with Gasteiger partial charge >= 0.3 is 5.97 Å². The largest absolute Gasteiger partial charge is 0.456 e. The van der Waals surface area contributed by atoms with Crippen LogP contribution in [0.1, 0.15) is 49.1 Å². The number of aldehydes is 1. The van der Waals surface area contributed by atoms with Crippen LogP contribution in [0, 0.1) is 0 Å². The van der Waals surface area contributed by atoms with Gasteiger partial charge in [-0.15, -0.1) is 0 Å². The molecule has 0 bridgehead atoms. The van der Waals surface area contributed by atoms with E-state index in [1.807, 2.05) is 19.9 Å². The van der Waals surface area contributed by atoms with Gasteiger partial charge in [0.25, 0.3) is 11.5 Å². The third kappa shape index (κ3) is 5.16. The molecule has 1 aromatic carbocycles. The van der Waals surface area contributed by atoms with Crippen LogP contribution < -0.4 is 15.0 Å². The Morgan fingerprint density at radius 3 is 2.59 bits per heavy atom. The normalized spacial score (nSPS) is 13.7. The number of carbonyl (C=O) groups excluding carboxylic acids is 3. The number of rotatable bonds is 10. The van der Waals surface area contributed by atoms with Gasteiger partial charge in [-0.1, -0.05) is 0 Å². The highest BCUT2D eigenvalue weighted by molar-refractivity contribution is 5.91. The van der Waals surface area contributed by atoms with Gasteiger partial charge in [-0.3, -0.25) is 14.4 Å². The Bertz CT molecular complexity index is 1610. The van der Waals surface area contributed by atoms with Gasteiger partial charge < -0.3 is 38.3 Å². The van der Waals surface area contributed by atoms with Crippen molar-refractivity contribution in [2.24, 2.45) is 0 Å². The summed E-state index contributed by atoms with van der Waals surface area (Å²) in [4.78, 5) is 55.8. The van der Waals surface area contributed by atoms with E-state index in [0.29, 0.717) is 47.7 Å². The van der Waals surface area contributed by atoms with Crippen molar-refractivity contribution in [3.8, 4) is 22.9 Å². The average Bonchev–Trinajstić information content (AvgIpc) is 3.55. The summed E-state index contributed by atoms with van der Waals surface area (Å²) < 4.78 is 22.9. The molecule has 2 aliphatic rings. The molecule has 4 heterocycles. The molecule has 216 valence electrons. The second-order valence-corrected chi connectivity index (χ2v) is 10.2. The minimum absolute atomic E-state index is 0.0762. The molecule has 41 heavy (non-hydrogen) atoms. The van der Waals surface area contributed by atoms with Crippen molar-refractivity contribution in [3.05, 3.63) is 50.8 Å². The SMILES string of the molecule is COCc1c(C(O)C=O)cc2n(c1=O)Cc1c-2nc2cc3c(cc2c1CCN(C(=O)COC(C)=O)C(C)C)OCO3. The van der Waals surface area contributed by atoms with Crippen molar-refractivity contribution in [2.45, 2.75) is 52.5 Å². The molecule has 12 nitrogen and oxygen atoms in total. The van der Waals surface area contributed by atoms with Crippen molar-refractivity contribution in [1.29, 1.82) is 0 Å². The number of ether oxygens (including phenoxy) is 4. The third-order valence-electron chi connectivity index (χ3n) is 7.37. The van der Waals surface area contributed by atoms with E-state index in [0.717, 1.165) is 16.5 Å². The minimum atomic E-state index is -1.50. The van der Waals surface area contributed by atoms with Crippen LogP contribution in [0.2, 0.25) is 0 Å². The van der Waals surface area contributed by atoms with Gasteiger partial charge in [0.05, 0.1) is 30.1 Å². The molecule has 5 rings (SSSR count). The minimum Gasteiger partial charge on any atom is -0.456 e. The highest BCUT2D eigenvalue weighted by atomic mass is 16.7. The molecule has 12 heteroatoms. The molecule has 1 unspecified atom stereocenters. The smallest absolute Gasteiger partial charge is 0.303 e. The fraction of sp³-hybridized carbons (Fsp3) is 0.414. The summed E-state index contributed by atoms with van der Waals surface area (Å²) in [7, 11) is 1.43. The number of benzene rings is 1. The number of aliphatic hydroxyl groups excluding tert-OH is 1. The second kappa shape index (κ2) is 11.3. The summed E-state index contributed by atoms with van der Waals surface area (Å²) in [6.07, 6.45) is -0.726. The maximum Gasteiger partial charge on any atom is 0.303 e. The molecular formula is C29H31N3O9. The first-order chi connectivity index (χ1) is 19.6. The van der Waals surface area contributed by atoms with Crippen LogP contribution >= 0.6 is 0 Å². The zero-order chi connectivity index (χ0) is 29.4. The van der Waals surface area contributed by atoms with E-state index in [1.165, 1.54) is 14.0 Å². The number of nitrogens with zero attached hydrogens (tertiary/aromatic N) is 3. The summed E-state index contributed by atoms with van der Waals surface area (Å²) in [6, 6.07) is 5.07. The van der Waals surface area contributed by atoms with E-state index in [-0.39, 0.29) is 55.2 Å². The van der Waals surface area contributed by atoms with Crippen LogP contribution in [0.4, 0.5) is 0 Å². The summed E-state index contributed by atoms with van der Waals surface area (Å²) in [5, 5.41) is 11.2. The number of aliphatic hydroxyl groups is 1. The topological polar surface area (TPSA) is 146 Å². The zero-order valence-corrected chi connectivity index (χ0v) is 23.3. The van der Waals surface area contributed by atoms with E-state index in [9.17, 15) is 24.3 Å². The van der Waals surface area contributed by atoms with E-state index >= 15 is 0 Å². The summed E-state index contributed by atoms with van der Waals surface area (Å²) in [5.41, 5.74) is 3.23. The van der Waals surface area contributed by atoms with Gasteiger partial charge in [-0.05, 0) is 38.0 Å². The molecular weight excluding hydrogens is 534 g/mol. The first-order valence-corrected chi connectivity index (χ1v) is 13.2. The van der Waals surface area contributed by atoms with Crippen molar-refractivity contribution in [3.63, 3.8) is 0 Å². The lowest BCUT2D eigenvalue weighted by Crippen LogP contribution is -2.41. The van der Waals surface area contributed by atoms with Gasteiger partial charge in [0.15, 0.2) is 24.4 Å². The fourth-order valence-electron chi connectivity index (χ4n) is 5.42. The van der Waals surface area contributed by atoms with Crippen LogP contribution in [0.3, 0.4) is 0 Å². The molecule has 2 aliphatic heterocycles. The average molecular weight is 566 g/mol. The number of aromatic nitrogens is 2. The van der Waals surface area contributed by atoms with Gasteiger partial charge in [0.2, 0.25) is 6.79 Å². The van der Waals surface area contributed by atoms with Crippen molar-refractivity contribution in [1.82, 2.24) is 14.5 Å². The van der Waals surface area contributed by atoms with E-state index in [1.54, 1.807) is 21.6 Å². The number of hydrogen-bond donors (Lipinski definition) is 1. The molecule has 0 spiro atoms. The number of fused-ring (bicyclic) bond motifs is 5. The van der Waals surface area contributed by atoms with Crippen molar-refractivity contribution >= 4 is 29.1 Å².